The molecule has 0 aliphatic rings. The molecule has 0 spiro atoms. The molecule has 2 aromatic rings. The first-order chi connectivity index (χ1) is 5.77. The van der Waals surface area contributed by atoms with E-state index >= 15 is 0 Å². The van der Waals surface area contributed by atoms with E-state index in [0.29, 0.717) is 0 Å². The molecule has 0 amide bonds. The summed E-state index contributed by atoms with van der Waals surface area (Å²) in [5.74, 6) is 0. The van der Waals surface area contributed by atoms with Crippen molar-refractivity contribution in [1.29, 1.82) is 0 Å². The van der Waals surface area contributed by atoms with Gasteiger partial charge < -0.3 is 0 Å². The van der Waals surface area contributed by atoms with Crippen LogP contribution in [0.2, 0.25) is 5.02 Å². The van der Waals surface area contributed by atoms with Gasteiger partial charge in [0, 0.05) is 5.02 Å². The van der Waals surface area contributed by atoms with Gasteiger partial charge in [-0.3, -0.25) is 0 Å². The van der Waals surface area contributed by atoms with Crippen LogP contribution in [-0.4, -0.2) is 0 Å². The fourth-order valence-corrected chi connectivity index (χ4v) is 1.50. The zero-order valence-electron chi connectivity index (χ0n) is 6.76. The zero-order chi connectivity index (χ0) is 8.55. The number of aryl methyl sites for hydroxylation is 1. The quantitative estimate of drug-likeness (QED) is 0.574. The van der Waals surface area contributed by atoms with E-state index in [1.54, 1.807) is 0 Å². The van der Waals surface area contributed by atoms with Crippen molar-refractivity contribution in [3.63, 3.8) is 0 Å². The van der Waals surface area contributed by atoms with E-state index in [0.717, 1.165) is 10.4 Å². The van der Waals surface area contributed by atoms with Gasteiger partial charge in [0.05, 0.1) is 0 Å². The average Bonchev–Trinajstić information content (AvgIpc) is 2.04. The minimum atomic E-state index is 0.768. The molecule has 1 radical (unpaired) electrons. The van der Waals surface area contributed by atoms with Crippen LogP contribution in [-0.2, 0) is 0 Å². The Morgan fingerprint density at radius 1 is 1.25 bits per heavy atom. The molecule has 0 unspecified atom stereocenters. The molecule has 0 saturated heterocycles. The normalized spacial score (nSPS) is 10.5. The minimum Gasteiger partial charge on any atom is -0.0843 e. The number of fused-ring (bicyclic) bond motifs is 1. The lowest BCUT2D eigenvalue weighted by atomic mass is 10.1. The maximum absolute atomic E-state index is 5.85. The monoisotopic (exact) mass is 175 g/mol. The number of halogens is 1. The van der Waals surface area contributed by atoms with Crippen LogP contribution in [0.3, 0.4) is 0 Å². The summed E-state index contributed by atoms with van der Waals surface area (Å²) in [6, 6.07) is 13.0. The summed E-state index contributed by atoms with van der Waals surface area (Å²) in [6.07, 6.45) is 0. The summed E-state index contributed by atoms with van der Waals surface area (Å²) in [4.78, 5) is 0. The Hall–Kier alpha value is -1.01. The first kappa shape index (κ1) is 7.63. The first-order valence-corrected chi connectivity index (χ1v) is 4.22. The van der Waals surface area contributed by atoms with Gasteiger partial charge in [-0.25, -0.2) is 0 Å². The molecule has 0 heterocycles. The van der Waals surface area contributed by atoms with Crippen molar-refractivity contribution < 1.29 is 0 Å². The third kappa shape index (κ3) is 1.19. The molecular formula is C11H8Cl. The first-order valence-electron chi connectivity index (χ1n) is 3.84. The van der Waals surface area contributed by atoms with Gasteiger partial charge in [0.15, 0.2) is 0 Å². The van der Waals surface area contributed by atoms with Crippen molar-refractivity contribution in [2.45, 2.75) is 6.92 Å². The second-order valence-electron chi connectivity index (χ2n) is 2.85. The third-order valence-electron chi connectivity index (χ3n) is 1.98. The van der Waals surface area contributed by atoms with E-state index in [1.165, 1.54) is 10.9 Å². The van der Waals surface area contributed by atoms with Crippen LogP contribution in [0.4, 0.5) is 0 Å². The van der Waals surface area contributed by atoms with Crippen molar-refractivity contribution in [2.24, 2.45) is 0 Å². The number of benzene rings is 2. The lowest BCUT2D eigenvalue weighted by Gasteiger charge is -2.00. The predicted molar refractivity (Wildman–Crippen MR) is 52.5 cm³/mol. The van der Waals surface area contributed by atoms with Crippen LogP contribution in [0, 0.1) is 13.0 Å². The van der Waals surface area contributed by atoms with Gasteiger partial charge in [0.25, 0.3) is 0 Å². The second-order valence-corrected chi connectivity index (χ2v) is 3.29. The maximum atomic E-state index is 5.85. The van der Waals surface area contributed by atoms with E-state index in [-0.39, 0.29) is 0 Å². The topological polar surface area (TPSA) is 0 Å². The van der Waals surface area contributed by atoms with Gasteiger partial charge >= 0.3 is 0 Å². The van der Waals surface area contributed by atoms with Crippen LogP contribution in [0.25, 0.3) is 10.8 Å². The molecule has 0 N–H and O–H groups in total. The van der Waals surface area contributed by atoms with Crippen LogP contribution < -0.4 is 0 Å². The highest BCUT2D eigenvalue weighted by Gasteiger charge is 1.96. The summed E-state index contributed by atoms with van der Waals surface area (Å²) < 4.78 is 0. The third-order valence-corrected chi connectivity index (χ3v) is 2.21. The van der Waals surface area contributed by atoms with Gasteiger partial charge in [-0.05, 0) is 41.5 Å². The van der Waals surface area contributed by atoms with Gasteiger partial charge in [0.2, 0.25) is 0 Å². The SMILES string of the molecule is Cc1cc[c]c2cc(Cl)ccc12. The molecule has 0 aliphatic carbocycles. The molecule has 0 aromatic heterocycles. The highest BCUT2D eigenvalue weighted by atomic mass is 35.5. The molecule has 1 heteroatoms. The van der Waals surface area contributed by atoms with Crippen LogP contribution >= 0.6 is 11.6 Å². The Balaban J connectivity index is 2.86. The standard InChI is InChI=1S/C11H8Cl/c1-8-3-2-4-9-7-10(12)5-6-11(8)9/h2-3,5-7H,1H3. The molecule has 12 heavy (non-hydrogen) atoms. The molecule has 2 rings (SSSR count). The van der Waals surface area contributed by atoms with Gasteiger partial charge in [-0.1, -0.05) is 29.8 Å². The Bertz CT molecular complexity index is 418. The fourth-order valence-electron chi connectivity index (χ4n) is 1.33. The summed E-state index contributed by atoms with van der Waals surface area (Å²) >= 11 is 5.85. The van der Waals surface area contributed by atoms with Crippen molar-refractivity contribution in [2.75, 3.05) is 0 Å². The highest BCUT2D eigenvalue weighted by molar-refractivity contribution is 6.31. The number of hydrogen-bond donors (Lipinski definition) is 0. The molecule has 2 aromatic carbocycles. The lowest BCUT2D eigenvalue weighted by molar-refractivity contribution is 1.53. The van der Waals surface area contributed by atoms with Crippen molar-refractivity contribution in [3.8, 4) is 0 Å². The Labute approximate surface area is 76.8 Å². The van der Waals surface area contributed by atoms with E-state index in [4.69, 9.17) is 11.6 Å². The molecule has 0 saturated carbocycles. The van der Waals surface area contributed by atoms with Crippen molar-refractivity contribution in [3.05, 3.63) is 47.0 Å². The van der Waals surface area contributed by atoms with Crippen molar-refractivity contribution in [1.82, 2.24) is 0 Å². The van der Waals surface area contributed by atoms with Crippen LogP contribution in [0.5, 0.6) is 0 Å². The molecule has 0 aliphatic heterocycles. The second kappa shape index (κ2) is 2.80. The zero-order valence-corrected chi connectivity index (χ0v) is 7.52. The molecule has 0 nitrogen and oxygen atoms in total. The van der Waals surface area contributed by atoms with E-state index in [1.807, 2.05) is 24.3 Å². The summed E-state index contributed by atoms with van der Waals surface area (Å²) in [5, 5.41) is 3.08. The van der Waals surface area contributed by atoms with Crippen molar-refractivity contribution >= 4 is 22.4 Å². The lowest BCUT2D eigenvalue weighted by Crippen LogP contribution is -1.77. The summed E-state index contributed by atoms with van der Waals surface area (Å²) in [5.41, 5.74) is 1.26. The summed E-state index contributed by atoms with van der Waals surface area (Å²) in [6.45, 7) is 2.09. The molecule has 0 fully saturated rings. The molecule has 0 bridgehead atoms. The maximum Gasteiger partial charge on any atom is 0.0412 e. The predicted octanol–water partition coefficient (Wildman–Crippen LogP) is 3.60. The fraction of sp³-hybridized carbons (Fsp3) is 0.0909. The Kier molecular flexibility index (Phi) is 1.78. The van der Waals surface area contributed by atoms with Crippen LogP contribution in [0.1, 0.15) is 5.56 Å². The van der Waals surface area contributed by atoms with E-state index < -0.39 is 0 Å². The van der Waals surface area contributed by atoms with Crippen LogP contribution in [0.15, 0.2) is 30.3 Å². The minimum absolute atomic E-state index is 0.768. The van der Waals surface area contributed by atoms with E-state index in [2.05, 4.69) is 19.1 Å². The number of rotatable bonds is 0. The highest BCUT2D eigenvalue weighted by Crippen LogP contribution is 2.21. The average molecular weight is 176 g/mol. The Morgan fingerprint density at radius 2 is 2.08 bits per heavy atom. The largest absolute Gasteiger partial charge is 0.0843 e. The molecule has 0 atom stereocenters. The summed E-state index contributed by atoms with van der Waals surface area (Å²) in [7, 11) is 0. The molecular weight excluding hydrogens is 168 g/mol. The van der Waals surface area contributed by atoms with Gasteiger partial charge in [-0.2, -0.15) is 0 Å². The molecule has 59 valence electrons. The van der Waals surface area contributed by atoms with Gasteiger partial charge in [0.1, 0.15) is 0 Å². The smallest absolute Gasteiger partial charge is 0.0412 e. The van der Waals surface area contributed by atoms with Gasteiger partial charge in [-0.15, -0.1) is 0 Å². The number of hydrogen-bond acceptors (Lipinski definition) is 0. The van der Waals surface area contributed by atoms with E-state index in [9.17, 15) is 0 Å². The Morgan fingerprint density at radius 3 is 2.92 bits per heavy atom.